The van der Waals surface area contributed by atoms with Crippen LogP contribution in [0.25, 0.3) is 0 Å². The Morgan fingerprint density at radius 2 is 2.16 bits per heavy atom. The molecule has 0 aliphatic heterocycles. The van der Waals surface area contributed by atoms with Crippen molar-refractivity contribution in [3.63, 3.8) is 0 Å². The third kappa shape index (κ3) is 2.79. The fourth-order valence-electron chi connectivity index (χ4n) is 1.62. The minimum atomic E-state index is -0.219. The maximum Gasteiger partial charge on any atom is 0.272 e. The van der Waals surface area contributed by atoms with Gasteiger partial charge >= 0.3 is 0 Å². The molecule has 0 radical (unpaired) electrons. The average Bonchev–Trinajstić information content (AvgIpc) is 2.75. The summed E-state index contributed by atoms with van der Waals surface area (Å²) in [5.41, 5.74) is 2.11. The highest BCUT2D eigenvalue weighted by atomic mass is 16.1. The number of rotatable bonds is 3. The van der Waals surface area contributed by atoms with Crippen molar-refractivity contribution in [2.45, 2.75) is 6.92 Å². The average molecular weight is 258 g/mol. The highest BCUT2D eigenvalue weighted by Gasteiger charge is 2.04. The van der Waals surface area contributed by atoms with E-state index in [2.05, 4.69) is 20.5 Å². The summed E-state index contributed by atoms with van der Waals surface area (Å²) in [7, 11) is 1.57. The van der Waals surface area contributed by atoms with Gasteiger partial charge < -0.3 is 10.4 Å². The number of amides is 1. The van der Waals surface area contributed by atoms with Gasteiger partial charge in [0.25, 0.3) is 11.5 Å². The molecule has 2 aromatic rings. The van der Waals surface area contributed by atoms with Crippen molar-refractivity contribution in [1.29, 1.82) is 0 Å². The Balaban J connectivity index is 2.29. The zero-order valence-corrected chi connectivity index (χ0v) is 10.7. The zero-order chi connectivity index (χ0) is 13.8. The molecule has 0 aliphatic carbocycles. The molecule has 0 fully saturated rings. The number of hydrogen-bond acceptors (Lipinski definition) is 3. The van der Waals surface area contributed by atoms with Gasteiger partial charge in [-0.25, -0.2) is 0 Å². The molecule has 0 saturated heterocycles. The lowest BCUT2D eigenvalue weighted by atomic mass is 10.2. The van der Waals surface area contributed by atoms with Gasteiger partial charge in [0.1, 0.15) is 0 Å². The molecular weight excluding hydrogens is 244 g/mol. The molecule has 0 spiro atoms. The summed E-state index contributed by atoms with van der Waals surface area (Å²) in [5, 5.41) is 7.74. The number of carbonyl (C=O) groups excluding carboxylic acids is 1. The Morgan fingerprint density at radius 3 is 2.79 bits per heavy atom. The second-order valence-electron chi connectivity index (χ2n) is 4.01. The van der Waals surface area contributed by atoms with Crippen LogP contribution in [-0.4, -0.2) is 29.4 Å². The van der Waals surface area contributed by atoms with Gasteiger partial charge in [-0.15, -0.1) is 0 Å². The molecule has 0 unspecified atom stereocenters. The molecule has 1 amide bonds. The first-order valence-corrected chi connectivity index (χ1v) is 5.75. The van der Waals surface area contributed by atoms with Crippen molar-refractivity contribution >= 4 is 17.8 Å². The number of aliphatic imine (C=N–C) groups is 1. The van der Waals surface area contributed by atoms with Crippen LogP contribution >= 0.6 is 0 Å². The van der Waals surface area contributed by atoms with Gasteiger partial charge in [-0.1, -0.05) is 6.07 Å². The molecule has 6 nitrogen and oxygen atoms in total. The minimum Gasteiger partial charge on any atom is -0.355 e. The quantitative estimate of drug-likeness (QED) is 0.720. The largest absolute Gasteiger partial charge is 0.355 e. The number of aromatic nitrogens is 2. The van der Waals surface area contributed by atoms with Crippen LogP contribution in [0.1, 0.15) is 21.6 Å². The summed E-state index contributed by atoms with van der Waals surface area (Å²) >= 11 is 0. The highest BCUT2D eigenvalue weighted by molar-refractivity contribution is 5.95. The van der Waals surface area contributed by atoms with Gasteiger partial charge in [-0.2, -0.15) is 0 Å². The van der Waals surface area contributed by atoms with Crippen LogP contribution in [0.3, 0.4) is 0 Å². The number of nitrogens with zero attached hydrogens (tertiary/aromatic N) is 1. The van der Waals surface area contributed by atoms with Gasteiger partial charge in [-0.3, -0.25) is 19.7 Å². The fourth-order valence-corrected chi connectivity index (χ4v) is 1.62. The summed E-state index contributed by atoms with van der Waals surface area (Å²) in [6.45, 7) is 1.78. The minimum absolute atomic E-state index is 0.173. The summed E-state index contributed by atoms with van der Waals surface area (Å²) in [6.07, 6.45) is 1.48. The Kier molecular flexibility index (Phi) is 3.61. The van der Waals surface area contributed by atoms with Crippen molar-refractivity contribution in [3.05, 3.63) is 51.4 Å². The van der Waals surface area contributed by atoms with Gasteiger partial charge in [0, 0.05) is 24.5 Å². The highest BCUT2D eigenvalue weighted by Crippen LogP contribution is 2.14. The van der Waals surface area contributed by atoms with Crippen molar-refractivity contribution in [2.24, 2.45) is 4.99 Å². The van der Waals surface area contributed by atoms with Crippen LogP contribution in [0.2, 0.25) is 0 Å². The van der Waals surface area contributed by atoms with E-state index in [-0.39, 0.29) is 11.5 Å². The molecule has 1 aromatic heterocycles. The number of benzene rings is 1. The molecule has 6 heteroatoms. The lowest BCUT2D eigenvalue weighted by Gasteiger charge is -2.00. The van der Waals surface area contributed by atoms with E-state index in [4.69, 9.17) is 0 Å². The van der Waals surface area contributed by atoms with E-state index in [1.807, 2.05) is 0 Å². The molecule has 0 bridgehead atoms. The normalized spacial score (nSPS) is 10.8. The second kappa shape index (κ2) is 5.34. The number of aryl methyl sites for hydroxylation is 1. The smallest absolute Gasteiger partial charge is 0.272 e. The number of nitrogens with one attached hydrogen (secondary N) is 3. The summed E-state index contributed by atoms with van der Waals surface area (Å²) < 4.78 is 0. The van der Waals surface area contributed by atoms with Crippen molar-refractivity contribution in [2.75, 3.05) is 7.05 Å². The van der Waals surface area contributed by atoms with Gasteiger partial charge in [-0.05, 0) is 25.1 Å². The zero-order valence-electron chi connectivity index (χ0n) is 10.7. The predicted molar refractivity (Wildman–Crippen MR) is 73.2 cm³/mol. The molecule has 2 rings (SSSR count). The predicted octanol–water partition coefficient (Wildman–Crippen LogP) is 1.12. The molecule has 0 aliphatic rings. The maximum atomic E-state index is 11.5. The molecule has 1 heterocycles. The van der Waals surface area contributed by atoms with Crippen LogP contribution in [0.4, 0.5) is 5.69 Å². The Hall–Kier alpha value is -2.63. The van der Waals surface area contributed by atoms with Gasteiger partial charge in [0.2, 0.25) is 0 Å². The third-order valence-electron chi connectivity index (χ3n) is 2.69. The van der Waals surface area contributed by atoms with Crippen LogP contribution < -0.4 is 10.9 Å². The second-order valence-corrected chi connectivity index (χ2v) is 4.01. The first kappa shape index (κ1) is 12.8. The number of aromatic amines is 2. The molecule has 3 N–H and O–H groups in total. The number of carbonyl (C=O) groups is 1. The SMILES string of the molecule is CNC(=O)c1cccc(N=Cc2c(C)[nH][nH]c2=O)c1. The van der Waals surface area contributed by atoms with E-state index in [0.717, 1.165) is 5.69 Å². The van der Waals surface area contributed by atoms with Crippen LogP contribution in [0.15, 0.2) is 34.1 Å². The lowest BCUT2D eigenvalue weighted by molar-refractivity contribution is 0.0963. The summed E-state index contributed by atoms with van der Waals surface area (Å²) in [4.78, 5) is 27.1. The van der Waals surface area contributed by atoms with Gasteiger partial charge in [0.05, 0.1) is 11.3 Å². The standard InChI is InChI=1S/C13H14N4O2/c1-8-11(13(19)17-16-8)7-15-10-5-3-4-9(6-10)12(18)14-2/h3-7H,1-2H3,(H,14,18)(H2,16,17,19). The van der Waals surface area contributed by atoms with Crippen molar-refractivity contribution in [1.82, 2.24) is 15.5 Å². The maximum absolute atomic E-state index is 11.5. The van der Waals surface area contributed by atoms with E-state index < -0.39 is 0 Å². The number of hydrogen-bond donors (Lipinski definition) is 3. The van der Waals surface area contributed by atoms with Crippen LogP contribution in [0.5, 0.6) is 0 Å². The van der Waals surface area contributed by atoms with Crippen LogP contribution in [0, 0.1) is 6.92 Å². The molecule has 1 aromatic carbocycles. The van der Waals surface area contributed by atoms with E-state index in [9.17, 15) is 9.59 Å². The first-order chi connectivity index (χ1) is 9.11. The monoisotopic (exact) mass is 258 g/mol. The van der Waals surface area contributed by atoms with Crippen molar-refractivity contribution < 1.29 is 4.79 Å². The Bertz CT molecular complexity index is 682. The Morgan fingerprint density at radius 1 is 1.37 bits per heavy atom. The third-order valence-corrected chi connectivity index (χ3v) is 2.69. The first-order valence-electron chi connectivity index (χ1n) is 5.75. The molecular formula is C13H14N4O2. The molecule has 19 heavy (non-hydrogen) atoms. The van der Waals surface area contributed by atoms with Crippen molar-refractivity contribution in [3.8, 4) is 0 Å². The lowest BCUT2D eigenvalue weighted by Crippen LogP contribution is -2.17. The van der Waals surface area contributed by atoms with E-state index >= 15 is 0 Å². The fraction of sp³-hybridized carbons (Fsp3) is 0.154. The van der Waals surface area contributed by atoms with E-state index in [1.165, 1.54) is 6.21 Å². The molecule has 98 valence electrons. The molecule has 0 saturated carbocycles. The summed E-state index contributed by atoms with van der Waals surface area (Å²) in [6, 6.07) is 6.86. The number of H-pyrrole nitrogens is 2. The summed E-state index contributed by atoms with van der Waals surface area (Å²) in [5.74, 6) is -0.173. The van der Waals surface area contributed by atoms with E-state index in [0.29, 0.717) is 16.8 Å². The Labute approximate surface area is 109 Å². The topological polar surface area (TPSA) is 90.1 Å². The van der Waals surface area contributed by atoms with E-state index in [1.54, 1.807) is 38.2 Å². The molecule has 0 atom stereocenters. The van der Waals surface area contributed by atoms with Gasteiger partial charge in [0.15, 0.2) is 0 Å². The van der Waals surface area contributed by atoms with Crippen LogP contribution in [-0.2, 0) is 0 Å².